The summed E-state index contributed by atoms with van der Waals surface area (Å²) in [4.78, 5) is 24.9. The Kier molecular flexibility index (Phi) is 4.66. The second-order valence-electron chi connectivity index (χ2n) is 2.85. The van der Waals surface area contributed by atoms with Crippen LogP contribution < -0.4 is 5.32 Å². The Morgan fingerprint density at radius 1 is 1.62 bits per heavy atom. The zero-order chi connectivity index (χ0) is 12.0. The van der Waals surface area contributed by atoms with Crippen LogP contribution in [0.4, 0.5) is 11.4 Å². The Morgan fingerprint density at radius 3 is 3.00 bits per heavy atom. The number of isocyanates is 1. The molecule has 0 saturated carbocycles. The fourth-order valence-corrected chi connectivity index (χ4v) is 1.24. The zero-order valence-electron chi connectivity index (χ0n) is 8.49. The third-order valence-corrected chi connectivity index (χ3v) is 1.91. The Bertz CT molecular complexity index is 442. The Balaban J connectivity index is 2.94. The summed E-state index contributed by atoms with van der Waals surface area (Å²) in [6.07, 6.45) is 1.39. The molecule has 0 aliphatic carbocycles. The summed E-state index contributed by atoms with van der Waals surface area (Å²) in [5.74, 6) is -0.341. The molecule has 0 radical (unpaired) electrons. The average molecular weight is 241 g/mol. The first kappa shape index (κ1) is 12.4. The van der Waals surface area contributed by atoms with E-state index in [4.69, 9.17) is 11.6 Å². The van der Waals surface area contributed by atoms with Gasteiger partial charge in [0.15, 0.2) is 0 Å². The minimum atomic E-state index is -0.341. The molecule has 0 aliphatic heterocycles. The van der Waals surface area contributed by atoms with Crippen molar-refractivity contribution in [2.75, 3.05) is 19.0 Å². The summed E-state index contributed by atoms with van der Waals surface area (Å²) in [7, 11) is 1.41. The number of hydrogen-bond donors (Lipinski definition) is 1. The fourth-order valence-electron chi connectivity index (χ4n) is 1.07. The largest absolute Gasteiger partial charge is 0.375 e. The van der Waals surface area contributed by atoms with E-state index in [9.17, 15) is 9.59 Å². The molecule has 84 valence electrons. The summed E-state index contributed by atoms with van der Waals surface area (Å²) in [5.41, 5.74) is 0.641. The van der Waals surface area contributed by atoms with E-state index >= 15 is 0 Å². The van der Waals surface area contributed by atoms with Gasteiger partial charge in [-0.25, -0.2) is 4.79 Å². The number of nitrogens with zero attached hydrogens (tertiary/aromatic N) is 1. The maximum atomic E-state index is 11.2. The first-order chi connectivity index (χ1) is 7.67. The van der Waals surface area contributed by atoms with Crippen molar-refractivity contribution < 1.29 is 14.3 Å². The molecular formula is C10H9ClN2O3. The predicted octanol–water partition coefficient (Wildman–Crippen LogP) is 1.89. The van der Waals surface area contributed by atoms with E-state index in [1.807, 2.05) is 0 Å². The van der Waals surface area contributed by atoms with E-state index in [0.717, 1.165) is 0 Å². The quantitative estimate of drug-likeness (QED) is 0.646. The normalized spacial score (nSPS) is 9.38. The van der Waals surface area contributed by atoms with Crippen LogP contribution in [-0.2, 0) is 14.3 Å². The molecular weight excluding hydrogens is 232 g/mol. The minimum absolute atomic E-state index is 0.0765. The highest BCUT2D eigenvalue weighted by molar-refractivity contribution is 6.31. The van der Waals surface area contributed by atoms with Crippen molar-refractivity contribution in [3.63, 3.8) is 0 Å². The van der Waals surface area contributed by atoms with Crippen LogP contribution in [0, 0.1) is 0 Å². The lowest BCUT2D eigenvalue weighted by Crippen LogP contribution is -2.17. The topological polar surface area (TPSA) is 67.8 Å². The molecule has 0 heterocycles. The van der Waals surface area contributed by atoms with E-state index < -0.39 is 0 Å². The molecule has 6 heteroatoms. The Labute approximate surface area is 97.1 Å². The van der Waals surface area contributed by atoms with Crippen molar-refractivity contribution in [2.45, 2.75) is 0 Å². The Hall–Kier alpha value is -1.68. The van der Waals surface area contributed by atoms with Crippen molar-refractivity contribution in [2.24, 2.45) is 4.99 Å². The van der Waals surface area contributed by atoms with E-state index in [2.05, 4.69) is 15.0 Å². The molecule has 1 aromatic rings. The summed E-state index contributed by atoms with van der Waals surface area (Å²) >= 11 is 5.72. The van der Waals surface area contributed by atoms with Gasteiger partial charge in [-0.3, -0.25) is 4.79 Å². The molecule has 1 aromatic carbocycles. The van der Waals surface area contributed by atoms with Crippen molar-refractivity contribution in [1.29, 1.82) is 0 Å². The number of carbonyl (C=O) groups excluding carboxylic acids is 2. The van der Waals surface area contributed by atoms with Gasteiger partial charge in [0.05, 0.1) is 5.69 Å². The molecule has 0 fully saturated rings. The molecule has 0 aromatic heterocycles. The number of benzene rings is 1. The van der Waals surface area contributed by atoms with Gasteiger partial charge in [-0.1, -0.05) is 11.6 Å². The lowest BCUT2D eigenvalue weighted by molar-refractivity contribution is -0.119. The molecule has 0 bridgehead atoms. The first-order valence-corrected chi connectivity index (χ1v) is 4.71. The molecule has 1 rings (SSSR count). The fraction of sp³-hybridized carbons (Fsp3) is 0.200. The molecule has 0 saturated heterocycles. The molecule has 0 atom stereocenters. The van der Waals surface area contributed by atoms with Gasteiger partial charge in [-0.05, 0) is 18.2 Å². The van der Waals surface area contributed by atoms with Crippen LogP contribution in [0.5, 0.6) is 0 Å². The van der Waals surface area contributed by atoms with Gasteiger partial charge in [0.1, 0.15) is 12.3 Å². The molecule has 1 amide bonds. The molecule has 16 heavy (non-hydrogen) atoms. The van der Waals surface area contributed by atoms with E-state index in [0.29, 0.717) is 10.7 Å². The summed E-state index contributed by atoms with van der Waals surface area (Å²) in [5, 5.41) is 2.94. The number of carbonyl (C=O) groups is 1. The van der Waals surface area contributed by atoms with Gasteiger partial charge < -0.3 is 10.1 Å². The number of ether oxygens (including phenoxy) is 1. The number of halogens is 1. The van der Waals surface area contributed by atoms with E-state index in [1.165, 1.54) is 19.3 Å². The van der Waals surface area contributed by atoms with Crippen LogP contribution in [0.1, 0.15) is 0 Å². The highest BCUT2D eigenvalue weighted by Gasteiger charge is 2.06. The number of aliphatic imine (C=N–C) groups is 1. The Morgan fingerprint density at radius 2 is 2.38 bits per heavy atom. The second kappa shape index (κ2) is 6.02. The summed E-state index contributed by atoms with van der Waals surface area (Å²) in [6, 6.07) is 4.58. The van der Waals surface area contributed by atoms with E-state index in [1.54, 1.807) is 12.1 Å². The van der Waals surface area contributed by atoms with Gasteiger partial charge in [-0.15, -0.1) is 0 Å². The number of nitrogens with one attached hydrogen (secondary N) is 1. The molecule has 5 nitrogen and oxygen atoms in total. The number of methoxy groups -OCH3 is 1. The van der Waals surface area contributed by atoms with Crippen molar-refractivity contribution in [3.8, 4) is 0 Å². The summed E-state index contributed by atoms with van der Waals surface area (Å²) in [6.45, 7) is -0.0765. The SMILES string of the molecule is COCC(=O)Nc1ccc(Cl)cc1N=C=O. The smallest absolute Gasteiger partial charge is 0.250 e. The standard InChI is InChI=1S/C10H9ClN2O3/c1-16-5-10(15)13-8-3-2-7(11)4-9(8)12-6-14/h2-4H,5H2,1H3,(H,13,15). The van der Waals surface area contributed by atoms with Crippen molar-refractivity contribution in [3.05, 3.63) is 23.2 Å². The van der Waals surface area contributed by atoms with Gasteiger partial charge in [0, 0.05) is 12.1 Å². The van der Waals surface area contributed by atoms with Crippen LogP contribution in [0.25, 0.3) is 0 Å². The zero-order valence-corrected chi connectivity index (χ0v) is 9.25. The van der Waals surface area contributed by atoms with Gasteiger partial charge >= 0.3 is 0 Å². The highest BCUT2D eigenvalue weighted by Crippen LogP contribution is 2.27. The highest BCUT2D eigenvalue weighted by atomic mass is 35.5. The van der Waals surface area contributed by atoms with Crippen molar-refractivity contribution in [1.82, 2.24) is 0 Å². The van der Waals surface area contributed by atoms with Crippen LogP contribution in [0.3, 0.4) is 0 Å². The first-order valence-electron chi connectivity index (χ1n) is 4.33. The van der Waals surface area contributed by atoms with E-state index in [-0.39, 0.29) is 18.2 Å². The van der Waals surface area contributed by atoms with Crippen LogP contribution >= 0.6 is 11.6 Å². The van der Waals surface area contributed by atoms with Crippen molar-refractivity contribution >= 4 is 35.0 Å². The monoisotopic (exact) mass is 240 g/mol. The number of amides is 1. The van der Waals surface area contributed by atoms with Crippen LogP contribution in [-0.4, -0.2) is 25.7 Å². The summed E-state index contributed by atoms with van der Waals surface area (Å²) < 4.78 is 4.65. The van der Waals surface area contributed by atoms with Crippen LogP contribution in [0.2, 0.25) is 5.02 Å². The predicted molar refractivity (Wildman–Crippen MR) is 59.7 cm³/mol. The maximum absolute atomic E-state index is 11.2. The molecule has 1 N–H and O–H groups in total. The number of hydrogen-bond acceptors (Lipinski definition) is 4. The third kappa shape index (κ3) is 3.47. The number of rotatable bonds is 4. The lowest BCUT2D eigenvalue weighted by atomic mass is 10.2. The molecule has 0 spiro atoms. The maximum Gasteiger partial charge on any atom is 0.250 e. The molecule has 0 aliphatic rings. The van der Waals surface area contributed by atoms with Gasteiger partial charge in [0.2, 0.25) is 12.0 Å². The number of anilines is 1. The lowest BCUT2D eigenvalue weighted by Gasteiger charge is -2.06. The third-order valence-electron chi connectivity index (χ3n) is 1.68. The molecule has 0 unspecified atom stereocenters. The second-order valence-corrected chi connectivity index (χ2v) is 3.28. The van der Waals surface area contributed by atoms with Gasteiger partial charge in [0.25, 0.3) is 0 Å². The average Bonchev–Trinajstić information content (AvgIpc) is 2.23. The van der Waals surface area contributed by atoms with Crippen LogP contribution in [0.15, 0.2) is 23.2 Å². The minimum Gasteiger partial charge on any atom is -0.375 e. The van der Waals surface area contributed by atoms with Gasteiger partial charge in [-0.2, -0.15) is 4.99 Å².